The van der Waals surface area contributed by atoms with Crippen LogP contribution in [0.4, 0.5) is 0 Å². The van der Waals surface area contributed by atoms with Crippen LogP contribution in [-0.2, 0) is 6.42 Å². The van der Waals surface area contributed by atoms with Gasteiger partial charge in [0.2, 0.25) is 0 Å². The van der Waals surface area contributed by atoms with Crippen molar-refractivity contribution in [3.05, 3.63) is 23.8 Å². The normalized spacial score (nSPS) is 23.9. The lowest BCUT2D eigenvalue weighted by atomic mass is 9.91. The standard InChI is InChI=1S/C17H26N4O/c1-3-16-15(9-18-12-19-16)17(22)21-8-7-20(10-13(2)11-21)14-5-4-6-14/h9,12-14H,3-8,10-11H2,1-2H3. The van der Waals surface area contributed by atoms with E-state index in [1.165, 1.54) is 25.6 Å². The Bertz CT molecular complexity index is 529. The Morgan fingerprint density at radius 3 is 2.82 bits per heavy atom. The Labute approximate surface area is 132 Å². The number of rotatable bonds is 3. The lowest BCUT2D eigenvalue weighted by Gasteiger charge is -2.37. The third-order valence-electron chi connectivity index (χ3n) is 4.97. The molecule has 1 saturated carbocycles. The van der Waals surface area contributed by atoms with E-state index in [2.05, 4.69) is 21.8 Å². The molecule has 1 saturated heterocycles. The molecule has 1 amide bonds. The molecule has 0 bridgehead atoms. The topological polar surface area (TPSA) is 49.3 Å². The molecule has 1 unspecified atom stereocenters. The van der Waals surface area contributed by atoms with Crippen LogP contribution in [0.1, 0.15) is 49.2 Å². The quantitative estimate of drug-likeness (QED) is 0.857. The summed E-state index contributed by atoms with van der Waals surface area (Å²) in [7, 11) is 0. The zero-order valence-electron chi connectivity index (χ0n) is 13.7. The van der Waals surface area contributed by atoms with E-state index in [1.54, 1.807) is 6.20 Å². The van der Waals surface area contributed by atoms with Crippen molar-refractivity contribution in [3.63, 3.8) is 0 Å². The summed E-state index contributed by atoms with van der Waals surface area (Å²) in [5.41, 5.74) is 1.53. The van der Waals surface area contributed by atoms with Crippen molar-refractivity contribution in [2.45, 2.75) is 45.6 Å². The molecule has 0 aromatic carbocycles. The molecule has 5 nitrogen and oxygen atoms in total. The molecule has 0 N–H and O–H groups in total. The van der Waals surface area contributed by atoms with Gasteiger partial charge in [-0.3, -0.25) is 9.69 Å². The van der Waals surface area contributed by atoms with E-state index < -0.39 is 0 Å². The van der Waals surface area contributed by atoms with Gasteiger partial charge in [0.25, 0.3) is 5.91 Å². The van der Waals surface area contributed by atoms with Gasteiger partial charge < -0.3 is 4.90 Å². The number of amides is 1. The SMILES string of the molecule is CCc1ncncc1C(=O)N1CCN(C2CCC2)CC(C)C1. The minimum Gasteiger partial charge on any atom is -0.337 e. The minimum absolute atomic E-state index is 0.0970. The lowest BCUT2D eigenvalue weighted by molar-refractivity contribution is 0.0741. The molecule has 2 heterocycles. The molecule has 0 spiro atoms. The predicted molar refractivity (Wildman–Crippen MR) is 85.7 cm³/mol. The molecule has 0 radical (unpaired) electrons. The summed E-state index contributed by atoms with van der Waals surface area (Å²) in [6.07, 6.45) is 7.98. The maximum Gasteiger partial charge on any atom is 0.257 e. The minimum atomic E-state index is 0.0970. The van der Waals surface area contributed by atoms with Crippen molar-refractivity contribution in [1.29, 1.82) is 0 Å². The molecule has 2 aliphatic rings. The highest BCUT2D eigenvalue weighted by Crippen LogP contribution is 2.27. The Kier molecular flexibility index (Phi) is 4.71. The summed E-state index contributed by atoms with van der Waals surface area (Å²) in [6, 6.07) is 0.753. The van der Waals surface area contributed by atoms with Crippen molar-refractivity contribution >= 4 is 5.91 Å². The zero-order chi connectivity index (χ0) is 15.5. The van der Waals surface area contributed by atoms with E-state index in [-0.39, 0.29) is 5.91 Å². The van der Waals surface area contributed by atoms with Crippen LogP contribution < -0.4 is 0 Å². The first-order valence-electron chi connectivity index (χ1n) is 8.51. The van der Waals surface area contributed by atoms with Gasteiger partial charge in [-0.25, -0.2) is 9.97 Å². The van der Waals surface area contributed by atoms with E-state index >= 15 is 0 Å². The Morgan fingerprint density at radius 1 is 1.32 bits per heavy atom. The smallest absolute Gasteiger partial charge is 0.257 e. The van der Waals surface area contributed by atoms with Crippen LogP contribution in [0.15, 0.2) is 12.5 Å². The third kappa shape index (κ3) is 3.14. The van der Waals surface area contributed by atoms with Gasteiger partial charge in [0.15, 0.2) is 0 Å². The summed E-state index contributed by atoms with van der Waals surface area (Å²) >= 11 is 0. The molecule has 120 valence electrons. The van der Waals surface area contributed by atoms with Crippen LogP contribution in [-0.4, -0.2) is 57.9 Å². The molecular formula is C17H26N4O. The molecule has 22 heavy (non-hydrogen) atoms. The largest absolute Gasteiger partial charge is 0.337 e. The molecule has 1 aliphatic carbocycles. The molecule has 1 aliphatic heterocycles. The third-order valence-corrected chi connectivity index (χ3v) is 4.97. The maximum absolute atomic E-state index is 12.9. The van der Waals surface area contributed by atoms with Crippen molar-refractivity contribution in [2.24, 2.45) is 5.92 Å². The number of nitrogens with zero attached hydrogens (tertiary/aromatic N) is 4. The van der Waals surface area contributed by atoms with Crippen molar-refractivity contribution in [1.82, 2.24) is 19.8 Å². The second-order valence-electron chi connectivity index (χ2n) is 6.67. The lowest BCUT2D eigenvalue weighted by Crippen LogP contribution is -2.43. The fourth-order valence-electron chi connectivity index (χ4n) is 3.52. The number of hydrogen-bond acceptors (Lipinski definition) is 4. The van der Waals surface area contributed by atoms with E-state index in [9.17, 15) is 4.79 Å². The molecule has 2 fully saturated rings. The van der Waals surface area contributed by atoms with Crippen LogP contribution in [0.25, 0.3) is 0 Å². The molecule has 1 atom stereocenters. The van der Waals surface area contributed by atoms with Gasteiger partial charge in [-0.05, 0) is 25.2 Å². The zero-order valence-corrected chi connectivity index (χ0v) is 13.7. The highest BCUT2D eigenvalue weighted by atomic mass is 16.2. The van der Waals surface area contributed by atoms with Gasteiger partial charge >= 0.3 is 0 Å². The van der Waals surface area contributed by atoms with Gasteiger partial charge in [0.1, 0.15) is 6.33 Å². The Hall–Kier alpha value is -1.49. The second kappa shape index (κ2) is 6.73. The Balaban J connectivity index is 1.72. The van der Waals surface area contributed by atoms with E-state index in [0.29, 0.717) is 11.5 Å². The average molecular weight is 302 g/mol. The van der Waals surface area contributed by atoms with Crippen LogP contribution >= 0.6 is 0 Å². The highest BCUT2D eigenvalue weighted by molar-refractivity contribution is 5.95. The fraction of sp³-hybridized carbons (Fsp3) is 0.706. The molecule has 1 aromatic heterocycles. The molecule has 3 rings (SSSR count). The van der Waals surface area contributed by atoms with Crippen LogP contribution in [0.3, 0.4) is 0 Å². The number of carbonyl (C=O) groups excluding carboxylic acids is 1. The van der Waals surface area contributed by atoms with Crippen LogP contribution in [0.5, 0.6) is 0 Å². The van der Waals surface area contributed by atoms with Gasteiger partial charge in [-0.15, -0.1) is 0 Å². The summed E-state index contributed by atoms with van der Waals surface area (Å²) in [6.45, 7) is 8.04. The fourth-order valence-corrected chi connectivity index (χ4v) is 3.52. The van der Waals surface area contributed by atoms with E-state index in [4.69, 9.17) is 0 Å². The first-order chi connectivity index (χ1) is 10.7. The van der Waals surface area contributed by atoms with Gasteiger partial charge in [-0.1, -0.05) is 20.3 Å². The number of hydrogen-bond donors (Lipinski definition) is 0. The van der Waals surface area contributed by atoms with Crippen LogP contribution in [0.2, 0.25) is 0 Å². The monoisotopic (exact) mass is 302 g/mol. The van der Waals surface area contributed by atoms with E-state index in [0.717, 1.165) is 44.3 Å². The first kappa shape index (κ1) is 15.4. The number of aromatic nitrogens is 2. The molecule has 5 heteroatoms. The highest BCUT2D eigenvalue weighted by Gasteiger charge is 2.31. The molecule has 1 aromatic rings. The van der Waals surface area contributed by atoms with Crippen LogP contribution in [0, 0.1) is 5.92 Å². The van der Waals surface area contributed by atoms with Gasteiger partial charge in [-0.2, -0.15) is 0 Å². The van der Waals surface area contributed by atoms with E-state index in [1.807, 2.05) is 11.8 Å². The maximum atomic E-state index is 12.9. The first-order valence-corrected chi connectivity index (χ1v) is 8.51. The summed E-state index contributed by atoms with van der Waals surface area (Å²) in [5.74, 6) is 0.613. The number of carbonyl (C=O) groups is 1. The molecular weight excluding hydrogens is 276 g/mol. The van der Waals surface area contributed by atoms with Gasteiger partial charge in [0.05, 0.1) is 11.3 Å². The summed E-state index contributed by atoms with van der Waals surface area (Å²) < 4.78 is 0. The number of aryl methyl sites for hydroxylation is 1. The Morgan fingerprint density at radius 2 is 2.14 bits per heavy atom. The van der Waals surface area contributed by atoms with Crippen molar-refractivity contribution < 1.29 is 4.79 Å². The summed E-state index contributed by atoms with van der Waals surface area (Å²) in [4.78, 5) is 25.8. The van der Waals surface area contributed by atoms with Gasteiger partial charge in [0, 0.05) is 38.4 Å². The van der Waals surface area contributed by atoms with Crippen molar-refractivity contribution in [3.8, 4) is 0 Å². The second-order valence-corrected chi connectivity index (χ2v) is 6.67. The summed E-state index contributed by atoms with van der Waals surface area (Å²) in [5, 5.41) is 0. The van der Waals surface area contributed by atoms with Crippen molar-refractivity contribution in [2.75, 3.05) is 26.2 Å². The predicted octanol–water partition coefficient (Wildman–Crippen LogP) is 1.99. The average Bonchev–Trinajstić information content (AvgIpc) is 2.66.